The highest BCUT2D eigenvalue weighted by Gasteiger charge is 2.21. The van der Waals surface area contributed by atoms with Gasteiger partial charge < -0.3 is 0 Å². The van der Waals surface area contributed by atoms with Gasteiger partial charge >= 0.3 is 0 Å². The third-order valence-corrected chi connectivity index (χ3v) is 3.51. The summed E-state index contributed by atoms with van der Waals surface area (Å²) in [5, 5.41) is 8.51. The lowest BCUT2D eigenvalue weighted by molar-refractivity contribution is 0.863. The third-order valence-electron chi connectivity index (χ3n) is 3.51. The molecule has 0 atom stereocenters. The van der Waals surface area contributed by atoms with E-state index in [2.05, 4.69) is 54.4 Å². The normalized spacial score (nSPS) is 14.1. The molecule has 2 aromatic carbocycles. The topological polar surface area (TPSA) is 24.7 Å². The first-order valence-corrected chi connectivity index (χ1v) is 6.70. The minimum Gasteiger partial charge on any atom is -0.174 e. The van der Waals surface area contributed by atoms with E-state index in [4.69, 9.17) is 0 Å². The summed E-state index contributed by atoms with van der Waals surface area (Å²) in [6.45, 7) is 4.43. The fraction of sp³-hybridized carbons (Fsp3) is 0.235. The van der Waals surface area contributed by atoms with E-state index in [0.29, 0.717) is 5.92 Å². The van der Waals surface area contributed by atoms with E-state index in [1.165, 1.54) is 11.1 Å². The van der Waals surface area contributed by atoms with E-state index < -0.39 is 0 Å². The van der Waals surface area contributed by atoms with Crippen molar-refractivity contribution in [3.8, 4) is 0 Å². The molecule has 0 saturated heterocycles. The predicted molar refractivity (Wildman–Crippen MR) is 77.5 cm³/mol. The molecule has 19 heavy (non-hydrogen) atoms. The van der Waals surface area contributed by atoms with Crippen molar-refractivity contribution in [2.45, 2.75) is 26.2 Å². The minimum absolute atomic E-state index is 0.577. The van der Waals surface area contributed by atoms with E-state index in [9.17, 15) is 0 Å². The molecule has 1 aliphatic rings. The van der Waals surface area contributed by atoms with Crippen LogP contribution in [0.3, 0.4) is 0 Å². The zero-order valence-corrected chi connectivity index (χ0v) is 11.3. The van der Waals surface area contributed by atoms with Gasteiger partial charge in [-0.05, 0) is 23.1 Å². The van der Waals surface area contributed by atoms with Crippen LogP contribution in [-0.2, 0) is 6.42 Å². The highest BCUT2D eigenvalue weighted by Crippen LogP contribution is 2.36. The van der Waals surface area contributed by atoms with Gasteiger partial charge in [0.2, 0.25) is 0 Å². The molecule has 0 spiro atoms. The number of hydrogen-bond acceptors (Lipinski definition) is 2. The van der Waals surface area contributed by atoms with Crippen molar-refractivity contribution in [2.24, 2.45) is 10.2 Å². The molecule has 2 aromatic rings. The van der Waals surface area contributed by atoms with Gasteiger partial charge in [-0.2, -0.15) is 10.2 Å². The molecule has 0 unspecified atom stereocenters. The Morgan fingerprint density at radius 3 is 2.37 bits per heavy atom. The Morgan fingerprint density at radius 1 is 0.895 bits per heavy atom. The van der Waals surface area contributed by atoms with Crippen molar-refractivity contribution in [1.29, 1.82) is 0 Å². The summed E-state index contributed by atoms with van der Waals surface area (Å²) < 4.78 is 0. The van der Waals surface area contributed by atoms with E-state index >= 15 is 0 Å². The van der Waals surface area contributed by atoms with Crippen LogP contribution in [0.15, 0.2) is 58.8 Å². The molecule has 1 aliphatic heterocycles. The van der Waals surface area contributed by atoms with Gasteiger partial charge in [0.15, 0.2) is 0 Å². The summed E-state index contributed by atoms with van der Waals surface area (Å²) in [6.07, 6.45) is 0.846. The molecule has 0 saturated carbocycles. The lowest BCUT2D eigenvalue weighted by Crippen LogP contribution is -1.98. The van der Waals surface area contributed by atoms with Crippen LogP contribution in [0.5, 0.6) is 0 Å². The summed E-state index contributed by atoms with van der Waals surface area (Å²) >= 11 is 0. The Labute approximate surface area is 114 Å². The Hall–Kier alpha value is -1.96. The molecule has 0 amide bonds. The maximum absolute atomic E-state index is 4.30. The summed E-state index contributed by atoms with van der Waals surface area (Å²) in [6, 6.07) is 18.0. The van der Waals surface area contributed by atoms with Crippen LogP contribution in [0.2, 0.25) is 0 Å². The van der Waals surface area contributed by atoms with Gasteiger partial charge in [0.25, 0.3) is 0 Å². The molecular formula is C17H17N2. The molecule has 0 bridgehead atoms. The fourth-order valence-electron chi connectivity index (χ4n) is 2.32. The first kappa shape index (κ1) is 12.1. The quantitative estimate of drug-likeness (QED) is 0.728. The fourth-order valence-corrected chi connectivity index (χ4v) is 2.32. The Kier molecular flexibility index (Phi) is 3.16. The van der Waals surface area contributed by atoms with Crippen LogP contribution in [-0.4, -0.2) is 0 Å². The Morgan fingerprint density at radius 2 is 1.63 bits per heavy atom. The molecule has 0 aromatic heterocycles. The second kappa shape index (κ2) is 4.96. The van der Waals surface area contributed by atoms with E-state index in [0.717, 1.165) is 23.7 Å². The average molecular weight is 249 g/mol. The summed E-state index contributed by atoms with van der Waals surface area (Å²) in [4.78, 5) is 0. The Balaban J connectivity index is 1.78. The number of azo groups is 1. The van der Waals surface area contributed by atoms with Gasteiger partial charge in [0.1, 0.15) is 6.04 Å². The maximum atomic E-state index is 4.30. The van der Waals surface area contributed by atoms with Crippen molar-refractivity contribution < 1.29 is 0 Å². The van der Waals surface area contributed by atoms with E-state index in [-0.39, 0.29) is 0 Å². The minimum atomic E-state index is 0.577. The lowest BCUT2D eigenvalue weighted by Gasteiger charge is -2.09. The van der Waals surface area contributed by atoms with Crippen molar-refractivity contribution >= 4 is 5.69 Å². The smallest absolute Gasteiger partial charge is 0.144 e. The second-order valence-corrected chi connectivity index (χ2v) is 5.24. The molecule has 0 aliphatic carbocycles. The van der Waals surface area contributed by atoms with Crippen LogP contribution >= 0.6 is 0 Å². The third kappa shape index (κ3) is 2.43. The average Bonchev–Trinajstić information content (AvgIpc) is 2.83. The van der Waals surface area contributed by atoms with Crippen LogP contribution in [0.1, 0.15) is 36.5 Å². The zero-order chi connectivity index (χ0) is 13.2. The van der Waals surface area contributed by atoms with Crippen LogP contribution in [0, 0.1) is 6.04 Å². The predicted octanol–water partition coefficient (Wildman–Crippen LogP) is 5.03. The highest BCUT2D eigenvalue weighted by atomic mass is 15.2. The first-order chi connectivity index (χ1) is 9.24. The number of hydrogen-bond donors (Lipinski definition) is 0. The number of rotatable bonds is 3. The van der Waals surface area contributed by atoms with Crippen molar-refractivity contribution in [1.82, 2.24) is 0 Å². The first-order valence-electron chi connectivity index (χ1n) is 6.70. The summed E-state index contributed by atoms with van der Waals surface area (Å²) in [5.41, 5.74) is 4.81. The zero-order valence-electron chi connectivity index (χ0n) is 11.3. The Bertz CT molecular complexity index is 597. The van der Waals surface area contributed by atoms with Crippen LogP contribution < -0.4 is 0 Å². The van der Waals surface area contributed by atoms with Gasteiger partial charge in [-0.1, -0.05) is 56.3 Å². The molecule has 1 radical (unpaired) electrons. The van der Waals surface area contributed by atoms with E-state index in [1.807, 2.05) is 18.2 Å². The monoisotopic (exact) mass is 249 g/mol. The van der Waals surface area contributed by atoms with Crippen molar-refractivity contribution in [2.75, 3.05) is 0 Å². The molecular weight excluding hydrogens is 232 g/mol. The molecule has 2 nitrogen and oxygen atoms in total. The molecule has 0 fully saturated rings. The van der Waals surface area contributed by atoms with Crippen LogP contribution in [0.4, 0.5) is 5.69 Å². The van der Waals surface area contributed by atoms with Crippen molar-refractivity contribution in [3.63, 3.8) is 0 Å². The second-order valence-electron chi connectivity index (χ2n) is 5.24. The highest BCUT2D eigenvalue weighted by molar-refractivity contribution is 5.56. The van der Waals surface area contributed by atoms with E-state index in [1.54, 1.807) is 0 Å². The van der Waals surface area contributed by atoms with Crippen LogP contribution in [0.25, 0.3) is 0 Å². The van der Waals surface area contributed by atoms with Crippen molar-refractivity contribution in [3.05, 3.63) is 71.3 Å². The molecule has 3 rings (SSSR count). The number of benzene rings is 2. The number of nitrogens with zero attached hydrogens (tertiary/aromatic N) is 2. The van der Waals surface area contributed by atoms with Gasteiger partial charge in [-0.3, -0.25) is 0 Å². The number of fused-ring (bicyclic) bond motifs is 1. The summed E-state index contributed by atoms with van der Waals surface area (Å²) in [7, 11) is 0. The molecule has 95 valence electrons. The van der Waals surface area contributed by atoms with Gasteiger partial charge in [0.05, 0.1) is 5.69 Å². The molecule has 0 N–H and O–H groups in total. The van der Waals surface area contributed by atoms with Gasteiger partial charge in [0, 0.05) is 12.0 Å². The standard InChI is InChI=1S/C17H17N2/c1-12(2)14-9-7-13(8-10-14)11-17-15-5-3-4-6-16(15)18-19-17/h3-10,12H,11H2,1-2H3. The largest absolute Gasteiger partial charge is 0.174 e. The summed E-state index contributed by atoms with van der Waals surface area (Å²) in [5.74, 6) is 0.577. The van der Waals surface area contributed by atoms with Gasteiger partial charge in [-0.25, -0.2) is 0 Å². The SMILES string of the molecule is CC(C)c1ccc(C[C]2N=Nc3ccccc32)cc1. The lowest BCUT2D eigenvalue weighted by atomic mass is 9.96. The van der Waals surface area contributed by atoms with Gasteiger partial charge in [-0.15, -0.1) is 0 Å². The molecule has 1 heterocycles. The molecule has 2 heteroatoms. The maximum Gasteiger partial charge on any atom is 0.144 e.